The second kappa shape index (κ2) is 4.34. The van der Waals surface area contributed by atoms with E-state index in [4.69, 9.17) is 0 Å². The maximum absolute atomic E-state index is 13.4. The van der Waals surface area contributed by atoms with Crippen molar-refractivity contribution in [3.8, 4) is 0 Å². The van der Waals surface area contributed by atoms with Crippen molar-refractivity contribution in [2.45, 2.75) is 31.3 Å². The Balaban J connectivity index is 2.23. The third-order valence-electron chi connectivity index (χ3n) is 2.94. The van der Waals surface area contributed by atoms with Crippen LogP contribution < -0.4 is 0 Å². The Labute approximate surface area is 93.4 Å². The first-order valence-corrected chi connectivity index (χ1v) is 5.44. The molecule has 0 aromatic heterocycles. The minimum Gasteiger partial charge on any atom is -0.385 e. The van der Waals surface area contributed by atoms with Crippen LogP contribution in [0, 0.1) is 11.6 Å². The minimum atomic E-state index is -1.02. The number of hydrogen-bond acceptors (Lipinski definition) is 1. The van der Waals surface area contributed by atoms with Crippen LogP contribution in [0.5, 0.6) is 0 Å². The highest BCUT2D eigenvalue weighted by Crippen LogP contribution is 2.27. The van der Waals surface area contributed by atoms with Crippen molar-refractivity contribution in [3.63, 3.8) is 0 Å². The molecule has 0 spiro atoms. The summed E-state index contributed by atoms with van der Waals surface area (Å²) in [5.74, 6) is -1.71. The quantitative estimate of drug-likeness (QED) is 0.766. The van der Waals surface area contributed by atoms with E-state index in [1.165, 1.54) is 12.1 Å². The lowest BCUT2D eigenvalue weighted by atomic mass is 9.85. The van der Waals surface area contributed by atoms with Crippen LogP contribution in [0.3, 0.4) is 0 Å². The molecule has 0 amide bonds. The molecule has 0 aliphatic heterocycles. The molecule has 16 heavy (non-hydrogen) atoms. The maximum atomic E-state index is 13.4. The largest absolute Gasteiger partial charge is 0.385 e. The molecule has 0 bridgehead atoms. The third kappa shape index (κ3) is 2.30. The van der Waals surface area contributed by atoms with Crippen LogP contribution in [-0.4, -0.2) is 10.7 Å². The fourth-order valence-corrected chi connectivity index (χ4v) is 2.07. The molecule has 1 aromatic carbocycles. The first kappa shape index (κ1) is 11.3. The summed E-state index contributed by atoms with van der Waals surface area (Å²) < 4.78 is 26.4. The van der Waals surface area contributed by atoms with Gasteiger partial charge in [-0.3, -0.25) is 0 Å². The van der Waals surface area contributed by atoms with Crippen LogP contribution in [0.1, 0.15) is 24.8 Å². The zero-order chi connectivity index (χ0) is 11.6. The van der Waals surface area contributed by atoms with Crippen molar-refractivity contribution < 1.29 is 13.9 Å². The van der Waals surface area contributed by atoms with E-state index in [1.54, 1.807) is 6.08 Å². The van der Waals surface area contributed by atoms with Gasteiger partial charge in [0.15, 0.2) is 11.6 Å². The highest BCUT2D eigenvalue weighted by atomic mass is 19.2. The van der Waals surface area contributed by atoms with Crippen molar-refractivity contribution in [1.82, 2.24) is 0 Å². The number of hydrogen-bond donors (Lipinski definition) is 1. The molecule has 1 aliphatic rings. The monoisotopic (exact) mass is 224 g/mol. The summed E-state index contributed by atoms with van der Waals surface area (Å²) in [7, 11) is 0. The molecule has 1 nitrogen and oxygen atoms in total. The van der Waals surface area contributed by atoms with E-state index in [2.05, 4.69) is 0 Å². The minimum absolute atomic E-state index is 0.132. The SMILES string of the molecule is OC1(Cc2cccc(F)c2F)C=CCCC1. The summed E-state index contributed by atoms with van der Waals surface area (Å²) in [6, 6.07) is 4.06. The van der Waals surface area contributed by atoms with Gasteiger partial charge < -0.3 is 5.11 Å². The van der Waals surface area contributed by atoms with Gasteiger partial charge in [0, 0.05) is 6.42 Å². The van der Waals surface area contributed by atoms with E-state index in [0.29, 0.717) is 6.42 Å². The molecule has 0 fully saturated rings. The van der Waals surface area contributed by atoms with Crippen LogP contribution in [0.2, 0.25) is 0 Å². The normalized spacial score (nSPS) is 24.7. The highest BCUT2D eigenvalue weighted by Gasteiger charge is 2.27. The van der Waals surface area contributed by atoms with Crippen LogP contribution >= 0.6 is 0 Å². The van der Waals surface area contributed by atoms with Crippen LogP contribution in [0.15, 0.2) is 30.4 Å². The molecule has 1 aliphatic carbocycles. The lowest BCUT2D eigenvalue weighted by Crippen LogP contribution is -2.31. The second-order valence-corrected chi connectivity index (χ2v) is 4.29. The number of halogens is 2. The van der Waals surface area contributed by atoms with Gasteiger partial charge in [0.05, 0.1) is 5.60 Å². The maximum Gasteiger partial charge on any atom is 0.162 e. The lowest BCUT2D eigenvalue weighted by Gasteiger charge is -2.27. The Morgan fingerprint density at radius 1 is 1.31 bits per heavy atom. The zero-order valence-electron chi connectivity index (χ0n) is 8.92. The predicted molar refractivity (Wildman–Crippen MR) is 58.0 cm³/mol. The summed E-state index contributed by atoms with van der Waals surface area (Å²) in [5, 5.41) is 10.2. The lowest BCUT2D eigenvalue weighted by molar-refractivity contribution is 0.0740. The van der Waals surface area contributed by atoms with Gasteiger partial charge >= 0.3 is 0 Å². The van der Waals surface area contributed by atoms with Gasteiger partial charge in [0.2, 0.25) is 0 Å². The Kier molecular flexibility index (Phi) is 3.06. The van der Waals surface area contributed by atoms with Gasteiger partial charge in [0.25, 0.3) is 0 Å². The van der Waals surface area contributed by atoms with E-state index in [-0.39, 0.29) is 12.0 Å². The zero-order valence-corrected chi connectivity index (χ0v) is 8.92. The van der Waals surface area contributed by atoms with E-state index >= 15 is 0 Å². The molecule has 1 unspecified atom stereocenters. The summed E-state index contributed by atoms with van der Waals surface area (Å²) in [6.07, 6.45) is 6.13. The van der Waals surface area contributed by atoms with E-state index in [1.807, 2.05) is 6.08 Å². The Hall–Kier alpha value is -1.22. The predicted octanol–water partition coefficient (Wildman–Crippen LogP) is 2.98. The average Bonchev–Trinajstić information content (AvgIpc) is 2.26. The molecule has 1 aromatic rings. The van der Waals surface area contributed by atoms with E-state index in [9.17, 15) is 13.9 Å². The summed E-state index contributed by atoms with van der Waals surface area (Å²) in [4.78, 5) is 0. The van der Waals surface area contributed by atoms with E-state index in [0.717, 1.165) is 18.9 Å². The highest BCUT2D eigenvalue weighted by molar-refractivity contribution is 5.23. The summed E-state index contributed by atoms with van der Waals surface area (Å²) in [6.45, 7) is 0. The Morgan fingerprint density at radius 2 is 2.12 bits per heavy atom. The smallest absolute Gasteiger partial charge is 0.162 e. The molecule has 86 valence electrons. The standard InChI is InChI=1S/C13H14F2O/c14-11-6-4-5-10(12(11)15)9-13(16)7-2-1-3-8-13/h2,4-7,16H,1,3,8-9H2. The molecule has 3 heteroatoms. The van der Waals surface area contributed by atoms with E-state index < -0.39 is 17.2 Å². The van der Waals surface area contributed by atoms with Crippen molar-refractivity contribution in [3.05, 3.63) is 47.5 Å². The van der Waals surface area contributed by atoms with Gasteiger partial charge in [0.1, 0.15) is 0 Å². The molecule has 1 N–H and O–H groups in total. The third-order valence-corrected chi connectivity index (χ3v) is 2.94. The topological polar surface area (TPSA) is 20.2 Å². The molecule has 0 saturated carbocycles. The number of allylic oxidation sites excluding steroid dienone is 1. The van der Waals surface area contributed by atoms with Gasteiger partial charge in [-0.25, -0.2) is 8.78 Å². The van der Waals surface area contributed by atoms with Crippen molar-refractivity contribution in [2.75, 3.05) is 0 Å². The molecule has 0 saturated heterocycles. The number of benzene rings is 1. The summed E-state index contributed by atoms with van der Waals surface area (Å²) >= 11 is 0. The van der Waals surface area contributed by atoms with Crippen molar-refractivity contribution in [1.29, 1.82) is 0 Å². The van der Waals surface area contributed by atoms with Crippen LogP contribution in [-0.2, 0) is 6.42 Å². The van der Waals surface area contributed by atoms with Crippen LogP contribution in [0.4, 0.5) is 8.78 Å². The fraction of sp³-hybridized carbons (Fsp3) is 0.385. The fourth-order valence-electron chi connectivity index (χ4n) is 2.07. The molecular formula is C13H14F2O. The van der Waals surface area contributed by atoms with Gasteiger partial charge in [-0.1, -0.05) is 24.3 Å². The molecule has 0 radical (unpaired) electrons. The molecule has 0 heterocycles. The van der Waals surface area contributed by atoms with Crippen molar-refractivity contribution >= 4 is 0 Å². The van der Waals surface area contributed by atoms with Crippen LogP contribution in [0.25, 0.3) is 0 Å². The van der Waals surface area contributed by atoms with Gasteiger partial charge in [-0.15, -0.1) is 0 Å². The average molecular weight is 224 g/mol. The molecular weight excluding hydrogens is 210 g/mol. The molecule has 1 atom stereocenters. The Bertz CT molecular complexity index is 414. The molecule has 2 rings (SSSR count). The second-order valence-electron chi connectivity index (χ2n) is 4.29. The first-order chi connectivity index (χ1) is 7.61. The number of aliphatic hydroxyl groups is 1. The van der Waals surface area contributed by atoms with Crippen molar-refractivity contribution in [2.24, 2.45) is 0 Å². The first-order valence-electron chi connectivity index (χ1n) is 5.44. The van der Waals surface area contributed by atoms with Gasteiger partial charge in [-0.2, -0.15) is 0 Å². The Morgan fingerprint density at radius 3 is 2.81 bits per heavy atom. The number of rotatable bonds is 2. The summed E-state index contributed by atoms with van der Waals surface area (Å²) in [5.41, 5.74) is -0.790. The van der Waals surface area contributed by atoms with Gasteiger partial charge in [-0.05, 0) is 30.9 Å².